The van der Waals surface area contributed by atoms with Crippen molar-refractivity contribution in [3.8, 4) is 11.5 Å². The first-order valence-corrected chi connectivity index (χ1v) is 33.9. The van der Waals surface area contributed by atoms with Gasteiger partial charge in [-0.05, 0) is 153 Å². The molecule has 0 saturated heterocycles. The summed E-state index contributed by atoms with van der Waals surface area (Å²) in [6, 6.07) is 53.7. The Kier molecular flexibility index (Phi) is 37.5. The first-order valence-electron chi connectivity index (χ1n) is 33.9. The minimum atomic E-state index is -0.417. The Hall–Kier alpha value is -7.16. The normalized spacial score (nSPS) is 11.4. The van der Waals surface area contributed by atoms with Crippen LogP contribution in [0.3, 0.4) is 0 Å². The Morgan fingerprint density at radius 2 is 0.411 bits per heavy atom. The number of hydrogen-bond donors (Lipinski definition) is 0. The van der Waals surface area contributed by atoms with E-state index in [0.29, 0.717) is 69.6 Å². The van der Waals surface area contributed by atoms with E-state index < -0.39 is 12.2 Å². The summed E-state index contributed by atoms with van der Waals surface area (Å²) >= 11 is 0. The second-order valence-corrected chi connectivity index (χ2v) is 27.4. The molecule has 0 radical (unpaired) electrons. The van der Waals surface area contributed by atoms with Gasteiger partial charge in [0.05, 0.1) is 22.7 Å². The molecule has 0 amide bonds. The second kappa shape index (κ2) is 42.4. The quantitative estimate of drug-likeness (QED) is 0.0888. The average Bonchev–Trinajstić information content (AvgIpc) is 0.835. The number of benzene rings is 8. The van der Waals surface area contributed by atoms with Crippen LogP contribution in [-0.2, 0) is 26.2 Å². The molecule has 0 unspecified atom stereocenters. The van der Waals surface area contributed by atoms with Gasteiger partial charge in [-0.25, -0.2) is 0 Å². The van der Waals surface area contributed by atoms with Crippen LogP contribution in [0.15, 0.2) is 178 Å². The third-order valence-corrected chi connectivity index (χ3v) is 15.2. The van der Waals surface area contributed by atoms with Crippen molar-refractivity contribution in [2.75, 3.05) is 0 Å². The molecule has 0 fully saturated rings. The van der Waals surface area contributed by atoms with E-state index in [1.165, 1.54) is 55.6 Å². The molecule has 8 aromatic carbocycles. The maximum atomic E-state index is 13.5. The van der Waals surface area contributed by atoms with E-state index in [9.17, 15) is 20.4 Å². The van der Waals surface area contributed by atoms with Crippen molar-refractivity contribution in [2.24, 2.45) is 20.0 Å². The van der Waals surface area contributed by atoms with Crippen molar-refractivity contribution in [2.45, 2.75) is 226 Å². The van der Waals surface area contributed by atoms with Crippen LogP contribution in [0.25, 0.3) is 0 Å². The molecule has 9 heteroatoms. The van der Waals surface area contributed by atoms with Gasteiger partial charge in [0.15, 0.2) is 0 Å². The third-order valence-electron chi connectivity index (χ3n) is 15.2. The number of nitrogens with zero attached hydrogens (tertiary/aromatic N) is 4. The average molecular weight is 1360 g/mol. The summed E-state index contributed by atoms with van der Waals surface area (Å²) in [5, 5.41) is 46.0. The van der Waals surface area contributed by atoms with Gasteiger partial charge in [0, 0.05) is 24.9 Å². The van der Waals surface area contributed by atoms with Crippen LogP contribution in [0.2, 0.25) is 0 Å². The minimum Gasteiger partial charge on any atom is -0.872 e. The molecule has 0 aliphatic rings. The summed E-state index contributed by atoms with van der Waals surface area (Å²) in [7, 11) is 0. The molecule has 0 bridgehead atoms. The van der Waals surface area contributed by atoms with Gasteiger partial charge in [0.1, 0.15) is 0 Å². The molecule has 0 saturated carbocycles. The molecule has 0 aromatic heterocycles. The first kappa shape index (κ1) is 83.9. The third kappa shape index (κ3) is 28.2. The van der Waals surface area contributed by atoms with E-state index in [-0.39, 0.29) is 37.7 Å². The summed E-state index contributed by atoms with van der Waals surface area (Å²) in [6.45, 7) is 49.5. The maximum absolute atomic E-state index is 13.5. The summed E-state index contributed by atoms with van der Waals surface area (Å²) in [5.74, 6) is 2.68. The number of aryl methyl sites for hydroxylation is 4. The zero-order valence-corrected chi connectivity index (χ0v) is 64.5. The van der Waals surface area contributed by atoms with Gasteiger partial charge in [0.2, 0.25) is 0 Å². The van der Waals surface area contributed by atoms with E-state index in [1.54, 1.807) is 52.6 Å². The van der Waals surface area contributed by atoms with E-state index in [1.807, 2.05) is 74.5 Å². The van der Waals surface area contributed by atoms with Gasteiger partial charge in [-0.15, -0.1) is 12.2 Å². The summed E-state index contributed by atoms with van der Waals surface area (Å²) in [6.07, 6.45) is 6.12. The van der Waals surface area contributed by atoms with Gasteiger partial charge < -0.3 is 20.4 Å². The summed E-state index contributed by atoms with van der Waals surface area (Å²) < 4.78 is 0. The van der Waals surface area contributed by atoms with E-state index >= 15 is 0 Å². The molecule has 8 aromatic rings. The molecule has 8 nitrogen and oxygen atoms in total. The Labute approximate surface area is 594 Å². The zero-order chi connectivity index (χ0) is 70.5. The second-order valence-electron chi connectivity index (χ2n) is 27.4. The molecule has 0 aliphatic heterocycles. The fourth-order valence-corrected chi connectivity index (χ4v) is 10.3. The minimum absolute atomic E-state index is 0. The predicted octanol–water partition coefficient (Wildman–Crippen LogP) is 21.6. The van der Waals surface area contributed by atoms with Crippen molar-refractivity contribution >= 4 is 47.6 Å². The topological polar surface area (TPSA) is 142 Å². The van der Waals surface area contributed by atoms with Gasteiger partial charge in [-0.3, -0.25) is 20.0 Å². The molecule has 0 aliphatic carbocycles. The van der Waals surface area contributed by atoms with E-state index in [2.05, 4.69) is 222 Å². The van der Waals surface area contributed by atoms with Crippen molar-refractivity contribution in [1.29, 1.82) is 0 Å². The molecular weight excluding hydrogens is 1240 g/mol. The van der Waals surface area contributed by atoms with Crippen LogP contribution in [0.5, 0.6) is 11.5 Å². The van der Waals surface area contributed by atoms with Crippen molar-refractivity contribution in [1.82, 2.24) is 0 Å². The molecule has 504 valence electrons. The Bertz CT molecular complexity index is 3140. The van der Waals surface area contributed by atoms with Crippen LogP contribution in [0.4, 0.5) is 22.7 Å². The summed E-state index contributed by atoms with van der Waals surface area (Å²) in [4.78, 5) is 19.5. The van der Waals surface area contributed by atoms with Gasteiger partial charge in [-0.1, -0.05) is 319 Å². The Balaban J connectivity index is 0.000000484. The molecule has 0 spiro atoms. The zero-order valence-electron chi connectivity index (χ0n) is 62.0. The Morgan fingerprint density at radius 1 is 0.253 bits per heavy atom. The number of aliphatic imine (C=N–C) groups is 4. The molecule has 0 heterocycles. The smallest absolute Gasteiger partial charge is 0.872 e. The van der Waals surface area contributed by atoms with Crippen LogP contribution in [0, 0.1) is 27.7 Å². The molecule has 95 heavy (non-hydrogen) atoms. The van der Waals surface area contributed by atoms with Gasteiger partial charge in [0.25, 0.3) is 0 Å². The Morgan fingerprint density at radius 3 is 0.537 bits per heavy atom. The molecular formula is C86H112N4O4Zr. The first-order chi connectivity index (χ1) is 44.3. The van der Waals surface area contributed by atoms with Gasteiger partial charge in [-0.2, -0.15) is 0 Å². The van der Waals surface area contributed by atoms with Crippen LogP contribution >= 0.6 is 0 Å². The SMILES string of the molecule is CC(C)[O-].CC(C)[O-].Cc1cc(C=Nc2c(C(C)C)cccc2C(C)C)c([O-])c(C=Nc2c(C(C)C)cccc2C(C)C)c1.Cc1cc(C=Nc2c(C(C)C)cccc2C(C)C)c([O-])c(C=Nc2c(C(C)C)cccc2C(C)C)c1.Cc1ccccc1.Cc1ccccc1.[Zr+4]. The largest absolute Gasteiger partial charge is 4.00 e. The number of rotatable bonds is 16. The fourth-order valence-electron chi connectivity index (χ4n) is 10.3. The number of para-hydroxylation sites is 4. The van der Waals surface area contributed by atoms with E-state index in [0.717, 1.165) is 33.9 Å². The molecule has 0 N–H and O–H groups in total. The van der Waals surface area contributed by atoms with E-state index in [4.69, 9.17) is 20.0 Å². The van der Waals surface area contributed by atoms with Crippen molar-refractivity contribution < 1.29 is 46.6 Å². The maximum Gasteiger partial charge on any atom is 4.00 e. The van der Waals surface area contributed by atoms with Crippen molar-refractivity contribution in [3.63, 3.8) is 0 Å². The van der Waals surface area contributed by atoms with Gasteiger partial charge >= 0.3 is 26.2 Å². The van der Waals surface area contributed by atoms with Crippen LogP contribution in [0.1, 0.15) is 275 Å². The van der Waals surface area contributed by atoms with Crippen molar-refractivity contribution in [3.05, 3.63) is 247 Å². The monoisotopic (exact) mass is 1350 g/mol. The standard InChI is InChI=1S/2C33H42N2O.2C7H8.2C3H7O.Zr/c2*1-20(2)27-12-10-13-28(21(3)4)31(27)34-18-25-16-24(9)17-26(33(25)36)19-35-32-29(22(5)6)14-11-15-30(32)23(7)8;2*1-7-5-3-2-4-6-7;2*1-3(2)4;/h2*10-23,36H,1-9H3;2*2-6H,1H3;2*3H,1-2H3;/q;;;;2*-1;+4/p-2. The summed E-state index contributed by atoms with van der Waals surface area (Å²) in [5.41, 5.74) is 20.5. The molecule has 8 rings (SSSR count). The predicted molar refractivity (Wildman–Crippen MR) is 401 cm³/mol. The van der Waals surface area contributed by atoms with Crippen LogP contribution in [-0.4, -0.2) is 37.1 Å². The molecule has 0 atom stereocenters. The van der Waals surface area contributed by atoms with Crippen LogP contribution < -0.4 is 20.4 Å². The number of hydrogen-bond acceptors (Lipinski definition) is 8. The fraction of sp³-hybridized carbons (Fsp3) is 0.395.